The highest BCUT2D eigenvalue weighted by molar-refractivity contribution is 14.1. The minimum Gasteiger partial charge on any atom is -0.493 e. The van der Waals surface area contributed by atoms with Crippen LogP contribution in [0, 0.1) is 3.57 Å². The van der Waals surface area contributed by atoms with Crippen LogP contribution in [0.2, 0.25) is 0 Å². The Kier molecular flexibility index (Phi) is 6.47. The third-order valence-electron chi connectivity index (χ3n) is 3.43. The number of nitrogens with one attached hydrogen (secondary N) is 1. The van der Waals surface area contributed by atoms with Gasteiger partial charge >= 0.3 is 5.97 Å². The quantitative estimate of drug-likeness (QED) is 0.447. The second-order valence-electron chi connectivity index (χ2n) is 4.89. The number of aliphatic hydroxyl groups excluding tert-OH is 1. The predicted molar refractivity (Wildman–Crippen MR) is 99.7 cm³/mol. The van der Waals surface area contributed by atoms with Gasteiger partial charge in [0, 0.05) is 11.0 Å². The molecule has 0 saturated carbocycles. The lowest BCUT2D eigenvalue weighted by atomic mass is 10.2. The standard InChI is InChI=1S/C15H16BrIN2O5/c1-23-13-10(17)5-8(16)6-11(13)18-12-9(15(22)24-2)7-19(3-4-20)14(12)21/h5-6,18,20H,3-4,7H2,1-2H3. The molecule has 2 rings (SSSR count). The van der Waals surface area contributed by atoms with Gasteiger partial charge in [-0.15, -0.1) is 0 Å². The van der Waals surface area contributed by atoms with Gasteiger partial charge in [-0.3, -0.25) is 4.79 Å². The smallest absolute Gasteiger partial charge is 0.337 e. The van der Waals surface area contributed by atoms with E-state index in [1.54, 1.807) is 6.07 Å². The van der Waals surface area contributed by atoms with Crippen molar-refractivity contribution >= 4 is 56.1 Å². The van der Waals surface area contributed by atoms with Crippen molar-refractivity contribution in [3.8, 4) is 5.75 Å². The molecule has 0 aliphatic carbocycles. The number of hydrogen-bond acceptors (Lipinski definition) is 6. The van der Waals surface area contributed by atoms with Crippen LogP contribution in [0.5, 0.6) is 5.75 Å². The second kappa shape index (κ2) is 8.17. The summed E-state index contributed by atoms with van der Waals surface area (Å²) in [5, 5.41) is 12.1. The van der Waals surface area contributed by atoms with Crippen LogP contribution in [0.15, 0.2) is 27.9 Å². The summed E-state index contributed by atoms with van der Waals surface area (Å²) >= 11 is 5.51. The minimum absolute atomic E-state index is 0.0851. The number of carbonyl (C=O) groups excluding carboxylic acids is 2. The number of benzene rings is 1. The number of anilines is 1. The number of carbonyl (C=O) groups is 2. The van der Waals surface area contributed by atoms with Gasteiger partial charge < -0.3 is 24.8 Å². The van der Waals surface area contributed by atoms with Crippen molar-refractivity contribution in [3.63, 3.8) is 0 Å². The Labute approximate surface area is 161 Å². The fourth-order valence-electron chi connectivity index (χ4n) is 2.34. The molecule has 130 valence electrons. The molecular weight excluding hydrogens is 495 g/mol. The zero-order valence-corrected chi connectivity index (χ0v) is 16.8. The van der Waals surface area contributed by atoms with Crippen molar-refractivity contribution in [3.05, 3.63) is 31.4 Å². The maximum Gasteiger partial charge on any atom is 0.337 e. The van der Waals surface area contributed by atoms with Crippen molar-refractivity contribution in [2.45, 2.75) is 0 Å². The Bertz CT molecular complexity index is 707. The number of aliphatic hydroxyl groups is 1. The molecule has 0 spiro atoms. The molecule has 1 heterocycles. The number of ether oxygens (including phenoxy) is 2. The van der Waals surface area contributed by atoms with Gasteiger partial charge in [0.15, 0.2) is 5.75 Å². The maximum atomic E-state index is 12.5. The van der Waals surface area contributed by atoms with E-state index in [9.17, 15) is 9.59 Å². The minimum atomic E-state index is -0.588. The van der Waals surface area contributed by atoms with Crippen molar-refractivity contribution < 1.29 is 24.2 Å². The third kappa shape index (κ3) is 3.83. The summed E-state index contributed by atoms with van der Waals surface area (Å²) in [6.45, 7) is 0.0328. The topological polar surface area (TPSA) is 88.1 Å². The molecule has 0 aromatic heterocycles. The predicted octanol–water partition coefficient (Wildman–Crippen LogP) is 1.74. The Balaban J connectivity index is 2.44. The van der Waals surface area contributed by atoms with E-state index in [2.05, 4.69) is 43.8 Å². The van der Waals surface area contributed by atoms with E-state index in [0.29, 0.717) is 11.4 Å². The first-order chi connectivity index (χ1) is 11.4. The van der Waals surface area contributed by atoms with Crippen molar-refractivity contribution in [1.29, 1.82) is 0 Å². The lowest BCUT2D eigenvalue weighted by Gasteiger charge is -2.16. The van der Waals surface area contributed by atoms with Crippen LogP contribution in [0.3, 0.4) is 0 Å². The molecule has 1 amide bonds. The Morgan fingerprint density at radius 3 is 2.75 bits per heavy atom. The van der Waals surface area contributed by atoms with Gasteiger partial charge in [-0.1, -0.05) is 15.9 Å². The van der Waals surface area contributed by atoms with Crippen molar-refractivity contribution in [2.24, 2.45) is 0 Å². The molecule has 0 radical (unpaired) electrons. The van der Waals surface area contributed by atoms with Crippen LogP contribution in [0.1, 0.15) is 0 Å². The average molecular weight is 511 g/mol. The molecule has 0 bridgehead atoms. The summed E-state index contributed by atoms with van der Waals surface area (Å²) in [4.78, 5) is 25.9. The molecule has 0 atom stereocenters. The molecule has 24 heavy (non-hydrogen) atoms. The van der Waals surface area contributed by atoms with E-state index in [-0.39, 0.29) is 36.9 Å². The number of halogens is 2. The van der Waals surface area contributed by atoms with Gasteiger partial charge in [0.2, 0.25) is 0 Å². The number of β-amino-alcohol motifs (C(OH)–C–C–N with tert-alkyl or cyclic N) is 1. The van der Waals surface area contributed by atoms with Gasteiger partial charge in [0.1, 0.15) is 5.70 Å². The highest BCUT2D eigenvalue weighted by Crippen LogP contribution is 2.35. The number of hydrogen-bond donors (Lipinski definition) is 2. The maximum absolute atomic E-state index is 12.5. The average Bonchev–Trinajstić information content (AvgIpc) is 2.84. The molecule has 1 aromatic carbocycles. The van der Waals surface area contributed by atoms with Crippen LogP contribution >= 0.6 is 38.5 Å². The summed E-state index contributed by atoms with van der Waals surface area (Å²) in [6, 6.07) is 3.62. The molecule has 9 heteroatoms. The monoisotopic (exact) mass is 510 g/mol. The number of amides is 1. The van der Waals surface area contributed by atoms with E-state index in [1.165, 1.54) is 19.1 Å². The van der Waals surface area contributed by atoms with E-state index in [1.807, 2.05) is 6.07 Å². The number of rotatable bonds is 6. The van der Waals surface area contributed by atoms with Gasteiger partial charge in [-0.25, -0.2) is 4.79 Å². The summed E-state index contributed by atoms with van der Waals surface area (Å²) < 4.78 is 11.8. The molecule has 2 N–H and O–H groups in total. The van der Waals surface area contributed by atoms with E-state index in [0.717, 1.165) is 8.04 Å². The molecule has 0 fully saturated rings. The summed E-state index contributed by atoms with van der Waals surface area (Å²) in [5.41, 5.74) is 0.891. The van der Waals surface area contributed by atoms with E-state index >= 15 is 0 Å². The Morgan fingerprint density at radius 2 is 2.17 bits per heavy atom. The first kappa shape index (κ1) is 19.0. The molecule has 1 aliphatic rings. The molecule has 0 unspecified atom stereocenters. The lowest BCUT2D eigenvalue weighted by molar-refractivity contribution is -0.136. The molecular formula is C15H16BrIN2O5. The molecule has 1 aliphatic heterocycles. The van der Waals surface area contributed by atoms with Crippen molar-refractivity contribution in [1.82, 2.24) is 4.90 Å². The number of methoxy groups -OCH3 is 2. The number of nitrogens with zero attached hydrogens (tertiary/aromatic N) is 1. The highest BCUT2D eigenvalue weighted by atomic mass is 127. The first-order valence-electron chi connectivity index (χ1n) is 6.94. The summed E-state index contributed by atoms with van der Waals surface area (Å²) in [5.74, 6) is -0.402. The van der Waals surface area contributed by atoms with E-state index < -0.39 is 5.97 Å². The first-order valence-corrected chi connectivity index (χ1v) is 8.81. The zero-order chi connectivity index (χ0) is 17.9. The normalized spacial score (nSPS) is 14.2. The second-order valence-corrected chi connectivity index (χ2v) is 6.97. The SMILES string of the molecule is COC(=O)C1=C(Nc2cc(Br)cc(I)c2OC)C(=O)N(CCO)C1. The zero-order valence-electron chi connectivity index (χ0n) is 13.1. The van der Waals surface area contributed by atoms with Gasteiger partial charge in [-0.05, 0) is 34.7 Å². The van der Waals surface area contributed by atoms with Crippen LogP contribution in [0.25, 0.3) is 0 Å². The Hall–Kier alpha value is -1.33. The van der Waals surface area contributed by atoms with E-state index in [4.69, 9.17) is 14.6 Å². The fraction of sp³-hybridized carbons (Fsp3) is 0.333. The van der Waals surface area contributed by atoms with Gasteiger partial charge in [0.05, 0.1) is 42.2 Å². The van der Waals surface area contributed by atoms with Crippen LogP contribution in [-0.4, -0.2) is 55.8 Å². The Morgan fingerprint density at radius 1 is 1.46 bits per heavy atom. The van der Waals surface area contributed by atoms with Crippen LogP contribution in [-0.2, 0) is 14.3 Å². The van der Waals surface area contributed by atoms with Gasteiger partial charge in [-0.2, -0.15) is 0 Å². The molecule has 7 nitrogen and oxygen atoms in total. The van der Waals surface area contributed by atoms with Crippen LogP contribution < -0.4 is 10.1 Å². The fourth-order valence-corrected chi connectivity index (χ4v) is 4.08. The highest BCUT2D eigenvalue weighted by Gasteiger charge is 2.35. The van der Waals surface area contributed by atoms with Gasteiger partial charge in [0.25, 0.3) is 5.91 Å². The number of esters is 1. The van der Waals surface area contributed by atoms with Crippen LogP contribution in [0.4, 0.5) is 5.69 Å². The third-order valence-corrected chi connectivity index (χ3v) is 4.68. The summed E-state index contributed by atoms with van der Waals surface area (Å²) in [6.07, 6.45) is 0. The summed E-state index contributed by atoms with van der Waals surface area (Å²) in [7, 11) is 2.79. The lowest BCUT2D eigenvalue weighted by Crippen LogP contribution is -2.31. The van der Waals surface area contributed by atoms with Crippen molar-refractivity contribution in [2.75, 3.05) is 39.2 Å². The largest absolute Gasteiger partial charge is 0.493 e. The molecule has 0 saturated heterocycles. The molecule has 1 aromatic rings.